The molecule has 2 aliphatic heterocycles. The average molecular weight is 575 g/mol. The van der Waals surface area contributed by atoms with Gasteiger partial charge in [0.05, 0.1) is 22.9 Å². The molecule has 0 N–H and O–H groups in total. The third-order valence-electron chi connectivity index (χ3n) is 6.99. The maximum atomic E-state index is 13.5. The third kappa shape index (κ3) is 6.12. The van der Waals surface area contributed by atoms with Crippen molar-refractivity contribution in [3.8, 4) is 6.07 Å². The lowest BCUT2D eigenvalue weighted by molar-refractivity contribution is -0.137. The first-order chi connectivity index (χ1) is 17.6. The Bertz CT molecular complexity index is 1210. The van der Waals surface area contributed by atoms with Gasteiger partial charge in [0.25, 0.3) is 16.1 Å². The number of carbonyl (C=O) groups excluding carboxylic acids is 1. The summed E-state index contributed by atoms with van der Waals surface area (Å²) in [6.07, 6.45) is -2.30. The van der Waals surface area contributed by atoms with Gasteiger partial charge in [0, 0.05) is 46.8 Å². The number of amides is 1. The van der Waals surface area contributed by atoms with Crippen LogP contribution in [0.4, 0.5) is 18.9 Å². The molecule has 0 radical (unpaired) electrons. The molecule has 38 heavy (non-hydrogen) atoms. The number of carbonyl (C=O) groups is 1. The van der Waals surface area contributed by atoms with Crippen LogP contribution in [0.3, 0.4) is 0 Å². The van der Waals surface area contributed by atoms with Crippen LogP contribution in [-0.4, -0.2) is 96.8 Å². The van der Waals surface area contributed by atoms with Gasteiger partial charge in [-0.25, -0.2) is 0 Å². The number of piperazine rings is 1. The Labute approximate surface area is 227 Å². The van der Waals surface area contributed by atoms with Gasteiger partial charge in [-0.2, -0.15) is 35.5 Å². The van der Waals surface area contributed by atoms with Crippen molar-refractivity contribution in [1.82, 2.24) is 18.4 Å². The molecular weight excluding hydrogens is 541 g/mol. The number of nitrogens with zero attached hydrogens (tertiary/aromatic N) is 6. The van der Waals surface area contributed by atoms with Crippen molar-refractivity contribution in [2.45, 2.75) is 44.8 Å². The molecule has 0 bridgehead atoms. The number of nitriles is 1. The first-order valence-electron chi connectivity index (χ1n) is 12.3. The zero-order valence-electron chi connectivity index (χ0n) is 22.0. The summed E-state index contributed by atoms with van der Waals surface area (Å²) >= 11 is 5.53. The van der Waals surface area contributed by atoms with Crippen molar-refractivity contribution in [3.63, 3.8) is 0 Å². The summed E-state index contributed by atoms with van der Waals surface area (Å²) in [5.41, 5.74) is -2.67. The Hall–Kier alpha value is -2.31. The van der Waals surface area contributed by atoms with E-state index in [0.29, 0.717) is 32.7 Å². The molecule has 2 aliphatic rings. The Morgan fingerprint density at radius 2 is 1.68 bits per heavy atom. The van der Waals surface area contributed by atoms with Gasteiger partial charge >= 0.3 is 6.18 Å². The molecule has 1 aromatic rings. The fraction of sp³-hybridized carbons (Fsp3) is 0.625. The molecule has 14 heteroatoms. The van der Waals surface area contributed by atoms with Crippen LogP contribution in [0.15, 0.2) is 18.2 Å². The summed E-state index contributed by atoms with van der Waals surface area (Å²) in [5, 5.41) is 9.19. The number of alkyl halides is 3. The van der Waals surface area contributed by atoms with E-state index < -0.39 is 39.0 Å². The van der Waals surface area contributed by atoms with Gasteiger partial charge in [0.2, 0.25) is 0 Å². The molecule has 3 rings (SSSR count). The molecule has 0 unspecified atom stereocenters. The lowest BCUT2D eigenvalue weighted by Gasteiger charge is -2.35. The van der Waals surface area contributed by atoms with E-state index in [4.69, 9.17) is 17.5 Å². The summed E-state index contributed by atoms with van der Waals surface area (Å²) in [6.45, 7) is 6.87. The van der Waals surface area contributed by atoms with Crippen LogP contribution in [0, 0.1) is 11.3 Å². The highest BCUT2D eigenvalue weighted by molar-refractivity contribution is 7.86. The Morgan fingerprint density at radius 3 is 2.24 bits per heavy atom. The van der Waals surface area contributed by atoms with E-state index in [1.165, 1.54) is 28.8 Å². The van der Waals surface area contributed by atoms with Gasteiger partial charge < -0.3 is 9.80 Å². The van der Waals surface area contributed by atoms with E-state index in [0.717, 1.165) is 42.8 Å². The fourth-order valence-electron chi connectivity index (χ4n) is 4.64. The van der Waals surface area contributed by atoms with Crippen molar-refractivity contribution in [2.24, 2.45) is 0 Å². The lowest BCUT2D eigenvalue weighted by Crippen LogP contribution is -2.51. The fourth-order valence-corrected chi connectivity index (χ4v) is 6.23. The quantitative estimate of drug-likeness (QED) is 0.331. The number of hydrogen-bond donors (Lipinski definition) is 0. The summed E-state index contributed by atoms with van der Waals surface area (Å²) in [6, 6.07) is 4.70. The highest BCUT2D eigenvalue weighted by Crippen LogP contribution is 2.38. The second-order valence-corrected chi connectivity index (χ2v) is 12.6. The first kappa shape index (κ1) is 30.2. The molecule has 1 amide bonds. The van der Waals surface area contributed by atoms with E-state index in [1.54, 1.807) is 24.8 Å². The smallest absolute Gasteiger partial charge is 0.334 e. The number of anilines is 1. The maximum absolute atomic E-state index is 13.5. The highest BCUT2D eigenvalue weighted by Gasteiger charge is 2.49. The molecule has 1 aromatic carbocycles. The number of benzene rings is 1. The third-order valence-corrected chi connectivity index (χ3v) is 9.33. The highest BCUT2D eigenvalue weighted by atomic mass is 32.2. The zero-order valence-corrected chi connectivity index (χ0v) is 23.6. The Morgan fingerprint density at radius 1 is 1.08 bits per heavy atom. The molecule has 2 heterocycles. The topological polar surface area (TPSA) is 91.2 Å². The Balaban J connectivity index is 1.56. The molecule has 210 valence electrons. The van der Waals surface area contributed by atoms with Gasteiger partial charge in [0.15, 0.2) is 5.11 Å². The SMILES string of the molecule is CN(C)S(=O)(=O)N1CCN(CCCCCN2C(=S)N(c3ccc(C#N)c(C(F)(F)F)c3)C(=O)C2(C)C)CC1. The van der Waals surface area contributed by atoms with Gasteiger partial charge in [-0.1, -0.05) is 6.42 Å². The van der Waals surface area contributed by atoms with Crippen molar-refractivity contribution < 1.29 is 26.4 Å². The first-order valence-corrected chi connectivity index (χ1v) is 14.1. The molecular formula is C24H33F3N6O3S2. The number of rotatable bonds is 9. The minimum absolute atomic E-state index is 0.0164. The number of unbranched alkanes of at least 4 members (excludes halogenated alkanes) is 2. The number of thiocarbonyl (C=S) groups is 1. The molecule has 0 aliphatic carbocycles. The van der Waals surface area contributed by atoms with Crippen LogP contribution < -0.4 is 4.90 Å². The van der Waals surface area contributed by atoms with E-state index in [2.05, 4.69) is 4.90 Å². The van der Waals surface area contributed by atoms with E-state index >= 15 is 0 Å². The van der Waals surface area contributed by atoms with Crippen molar-refractivity contribution >= 4 is 39.1 Å². The monoisotopic (exact) mass is 574 g/mol. The predicted octanol–water partition coefficient (Wildman–Crippen LogP) is 2.88. The summed E-state index contributed by atoms with van der Waals surface area (Å²) in [5.74, 6) is -0.425. The second kappa shape index (κ2) is 11.4. The van der Waals surface area contributed by atoms with Crippen LogP contribution in [0.25, 0.3) is 0 Å². The summed E-state index contributed by atoms with van der Waals surface area (Å²) in [7, 11) is -0.360. The minimum Gasteiger partial charge on any atom is -0.334 e. The zero-order chi connectivity index (χ0) is 28.5. The molecule has 9 nitrogen and oxygen atoms in total. The van der Waals surface area contributed by atoms with Crippen molar-refractivity contribution in [1.29, 1.82) is 5.26 Å². The van der Waals surface area contributed by atoms with E-state index in [9.17, 15) is 26.4 Å². The maximum Gasteiger partial charge on any atom is 0.417 e. The standard InChI is InChI=1S/C24H33F3N6O3S2/c1-23(2)21(34)33(19-9-8-18(17-28)20(16-19)24(25,26)27)22(37)32(23)11-7-5-6-10-30-12-14-31(15-13-30)38(35,36)29(3)4/h8-9,16H,5-7,10-15H2,1-4H3. The number of halogens is 3. The average Bonchev–Trinajstić information content (AvgIpc) is 3.01. The minimum atomic E-state index is -4.74. The number of hydrogen-bond acceptors (Lipinski definition) is 6. The molecule has 0 aromatic heterocycles. The van der Waals surface area contributed by atoms with Gasteiger partial charge in [-0.15, -0.1) is 0 Å². The van der Waals surface area contributed by atoms with E-state index in [-0.39, 0.29) is 10.8 Å². The van der Waals surface area contributed by atoms with Crippen LogP contribution in [-0.2, 0) is 21.2 Å². The van der Waals surface area contributed by atoms with Crippen molar-refractivity contribution in [3.05, 3.63) is 29.3 Å². The second-order valence-electron chi connectivity index (χ2n) is 10.1. The molecule has 2 saturated heterocycles. The van der Waals surface area contributed by atoms with Gasteiger partial charge in [0.1, 0.15) is 5.54 Å². The van der Waals surface area contributed by atoms with E-state index in [1.807, 2.05) is 0 Å². The van der Waals surface area contributed by atoms with Crippen molar-refractivity contribution in [2.75, 3.05) is 58.3 Å². The molecule has 2 fully saturated rings. The van der Waals surface area contributed by atoms with Crippen LogP contribution in [0.2, 0.25) is 0 Å². The van der Waals surface area contributed by atoms with Crippen LogP contribution in [0.1, 0.15) is 44.2 Å². The predicted molar refractivity (Wildman–Crippen MR) is 141 cm³/mol. The molecule has 0 saturated carbocycles. The largest absolute Gasteiger partial charge is 0.417 e. The summed E-state index contributed by atoms with van der Waals surface area (Å²) < 4.78 is 67.6. The Kier molecular flexibility index (Phi) is 9.09. The molecule has 0 atom stereocenters. The van der Waals surface area contributed by atoms with Gasteiger partial charge in [-0.05, 0) is 63.7 Å². The summed E-state index contributed by atoms with van der Waals surface area (Å²) in [4.78, 5) is 18.3. The lowest BCUT2D eigenvalue weighted by atomic mass is 10.0. The molecule has 0 spiro atoms. The van der Waals surface area contributed by atoms with Gasteiger partial charge in [-0.3, -0.25) is 9.69 Å². The van der Waals surface area contributed by atoms with Crippen LogP contribution in [0.5, 0.6) is 0 Å². The normalized spacial score (nSPS) is 19.4. The van der Waals surface area contributed by atoms with Crippen LogP contribution >= 0.6 is 12.2 Å².